The number of amidine groups is 1. The molecule has 2 aliphatic rings. The van der Waals surface area contributed by atoms with Gasteiger partial charge in [0.05, 0.1) is 5.75 Å². The number of benzene rings is 1. The van der Waals surface area contributed by atoms with Crippen molar-refractivity contribution >= 4 is 22.8 Å². The van der Waals surface area contributed by atoms with E-state index >= 15 is 0 Å². The Morgan fingerprint density at radius 1 is 1.18 bits per heavy atom. The van der Waals surface area contributed by atoms with Gasteiger partial charge in [0.15, 0.2) is 5.17 Å². The molecule has 1 amide bonds. The summed E-state index contributed by atoms with van der Waals surface area (Å²) in [5, 5.41) is 0.913. The van der Waals surface area contributed by atoms with Gasteiger partial charge in [0.1, 0.15) is 0 Å². The number of thioether (sulfide) groups is 1. The van der Waals surface area contributed by atoms with Crippen LogP contribution in [0.5, 0.6) is 0 Å². The largest absolute Gasteiger partial charge is 0.345 e. The maximum absolute atomic E-state index is 11.4. The number of nitrogens with zero attached hydrogens (tertiary/aromatic N) is 3. The first-order valence-corrected chi connectivity index (χ1v) is 8.85. The van der Waals surface area contributed by atoms with Crippen molar-refractivity contribution in [2.45, 2.75) is 45.4 Å². The normalized spacial score (nSPS) is 29.8. The fraction of sp³-hybridized carbons (Fsp3) is 0.529. The van der Waals surface area contributed by atoms with Crippen molar-refractivity contribution in [3.63, 3.8) is 0 Å². The van der Waals surface area contributed by atoms with Gasteiger partial charge in [-0.1, -0.05) is 42.1 Å². The molecule has 3 atom stereocenters. The predicted octanol–water partition coefficient (Wildman–Crippen LogP) is 2.60. The topological polar surface area (TPSA) is 35.9 Å². The second kappa shape index (κ2) is 6.42. The van der Waals surface area contributed by atoms with Crippen molar-refractivity contribution in [2.75, 3.05) is 12.3 Å². The van der Waals surface area contributed by atoms with Crippen LogP contribution in [0.15, 0.2) is 35.3 Å². The van der Waals surface area contributed by atoms with Crippen LogP contribution in [0.25, 0.3) is 0 Å². The Labute approximate surface area is 136 Å². The van der Waals surface area contributed by atoms with Gasteiger partial charge in [-0.2, -0.15) is 4.99 Å². The quantitative estimate of drug-likeness (QED) is 0.840. The van der Waals surface area contributed by atoms with Crippen LogP contribution in [-0.2, 0) is 11.3 Å². The Morgan fingerprint density at radius 2 is 1.91 bits per heavy atom. The Hall–Kier alpha value is -1.33. The number of piperazine rings is 1. The average molecular weight is 317 g/mol. The van der Waals surface area contributed by atoms with Gasteiger partial charge in [0.25, 0.3) is 5.91 Å². The molecule has 0 aliphatic carbocycles. The Morgan fingerprint density at radius 3 is 2.55 bits per heavy atom. The van der Waals surface area contributed by atoms with Gasteiger partial charge in [-0.05, 0) is 26.3 Å². The molecular formula is C17H23N3OS. The summed E-state index contributed by atoms with van der Waals surface area (Å²) < 4.78 is 0. The minimum Gasteiger partial charge on any atom is -0.345 e. The van der Waals surface area contributed by atoms with E-state index in [0.29, 0.717) is 23.9 Å². The van der Waals surface area contributed by atoms with E-state index in [1.165, 1.54) is 5.56 Å². The van der Waals surface area contributed by atoms with E-state index in [0.717, 1.165) is 18.3 Å². The zero-order valence-corrected chi connectivity index (χ0v) is 14.2. The van der Waals surface area contributed by atoms with E-state index in [-0.39, 0.29) is 5.91 Å². The molecule has 0 radical (unpaired) electrons. The second-order valence-electron chi connectivity index (χ2n) is 6.22. The monoisotopic (exact) mass is 317 g/mol. The molecule has 5 heteroatoms. The van der Waals surface area contributed by atoms with Crippen molar-refractivity contribution in [2.24, 2.45) is 4.99 Å². The van der Waals surface area contributed by atoms with Crippen molar-refractivity contribution in [1.29, 1.82) is 0 Å². The smallest absolute Gasteiger partial charge is 0.258 e. The van der Waals surface area contributed by atoms with Crippen LogP contribution in [0.3, 0.4) is 0 Å². The molecule has 0 saturated carbocycles. The molecule has 0 aromatic heterocycles. The highest BCUT2D eigenvalue weighted by molar-refractivity contribution is 8.14. The lowest BCUT2D eigenvalue weighted by atomic mass is 10.00. The third kappa shape index (κ3) is 3.06. The van der Waals surface area contributed by atoms with E-state index in [4.69, 9.17) is 0 Å². The molecule has 22 heavy (non-hydrogen) atoms. The Bertz CT molecular complexity index is 575. The molecule has 0 spiro atoms. The van der Waals surface area contributed by atoms with E-state index in [1.807, 2.05) is 0 Å². The highest BCUT2D eigenvalue weighted by Crippen LogP contribution is 2.28. The van der Waals surface area contributed by atoms with E-state index in [1.54, 1.807) is 11.8 Å². The van der Waals surface area contributed by atoms with Crippen LogP contribution in [0.1, 0.15) is 26.3 Å². The lowest BCUT2D eigenvalue weighted by Crippen LogP contribution is -2.61. The zero-order chi connectivity index (χ0) is 15.7. The van der Waals surface area contributed by atoms with E-state index in [9.17, 15) is 4.79 Å². The van der Waals surface area contributed by atoms with Gasteiger partial charge >= 0.3 is 0 Å². The van der Waals surface area contributed by atoms with Crippen molar-refractivity contribution in [3.8, 4) is 0 Å². The van der Waals surface area contributed by atoms with Crippen LogP contribution in [-0.4, -0.2) is 51.3 Å². The molecule has 3 unspecified atom stereocenters. The summed E-state index contributed by atoms with van der Waals surface area (Å²) in [6, 6.07) is 11.8. The summed E-state index contributed by atoms with van der Waals surface area (Å²) in [5.74, 6) is 0.494. The summed E-state index contributed by atoms with van der Waals surface area (Å²) in [4.78, 5) is 20.5. The second-order valence-corrected chi connectivity index (χ2v) is 7.16. The molecule has 1 saturated heterocycles. The first-order chi connectivity index (χ1) is 10.6. The molecule has 2 heterocycles. The van der Waals surface area contributed by atoms with Crippen molar-refractivity contribution < 1.29 is 4.79 Å². The summed E-state index contributed by atoms with van der Waals surface area (Å²) in [6.45, 7) is 8.68. The highest BCUT2D eigenvalue weighted by Gasteiger charge is 2.37. The first-order valence-electron chi connectivity index (χ1n) is 7.87. The molecule has 1 aromatic rings. The Balaban J connectivity index is 1.74. The SMILES string of the molecule is CC1C(C)N(Cc2ccccc2)C(C)CN1C1=NC(=O)CS1. The molecule has 4 nitrogen and oxygen atoms in total. The minimum atomic E-state index is -0.000721. The summed E-state index contributed by atoms with van der Waals surface area (Å²) in [6.07, 6.45) is 0. The molecule has 1 aromatic carbocycles. The fourth-order valence-corrected chi connectivity index (χ4v) is 4.18. The van der Waals surface area contributed by atoms with Crippen LogP contribution < -0.4 is 0 Å². The number of hydrogen-bond acceptors (Lipinski definition) is 4. The summed E-state index contributed by atoms with van der Waals surface area (Å²) in [5.41, 5.74) is 1.35. The molecular weight excluding hydrogens is 294 g/mol. The van der Waals surface area contributed by atoms with Gasteiger partial charge in [0, 0.05) is 31.2 Å². The highest BCUT2D eigenvalue weighted by atomic mass is 32.2. The lowest BCUT2D eigenvalue weighted by Gasteiger charge is -2.49. The molecule has 0 N–H and O–H groups in total. The third-order valence-corrected chi connectivity index (χ3v) is 5.71. The van der Waals surface area contributed by atoms with Gasteiger partial charge < -0.3 is 4.90 Å². The maximum atomic E-state index is 11.4. The van der Waals surface area contributed by atoms with Crippen LogP contribution in [0.4, 0.5) is 0 Å². The molecule has 1 fully saturated rings. The third-order valence-electron chi connectivity index (χ3n) is 4.74. The van der Waals surface area contributed by atoms with E-state index < -0.39 is 0 Å². The number of carbonyl (C=O) groups is 1. The lowest BCUT2D eigenvalue weighted by molar-refractivity contribution is -0.115. The predicted molar refractivity (Wildman–Crippen MR) is 92.0 cm³/mol. The van der Waals surface area contributed by atoms with Crippen molar-refractivity contribution in [1.82, 2.24) is 9.80 Å². The van der Waals surface area contributed by atoms with Gasteiger partial charge in [0.2, 0.25) is 0 Å². The van der Waals surface area contributed by atoms with Gasteiger partial charge in [-0.3, -0.25) is 9.69 Å². The average Bonchev–Trinajstić information content (AvgIpc) is 2.95. The molecule has 118 valence electrons. The van der Waals surface area contributed by atoms with Crippen LogP contribution in [0.2, 0.25) is 0 Å². The van der Waals surface area contributed by atoms with Crippen LogP contribution >= 0.6 is 11.8 Å². The number of carbonyl (C=O) groups excluding carboxylic acids is 1. The standard InChI is InChI=1S/C17H23N3OS/c1-12-9-20(17-18-16(21)11-22-17)14(3)13(2)19(12)10-15-7-5-4-6-8-15/h4-8,12-14H,9-11H2,1-3H3. The van der Waals surface area contributed by atoms with Gasteiger partial charge in [-0.25, -0.2) is 0 Å². The zero-order valence-electron chi connectivity index (χ0n) is 13.4. The van der Waals surface area contributed by atoms with E-state index in [2.05, 4.69) is 65.9 Å². The first kappa shape index (κ1) is 15.6. The Kier molecular flexibility index (Phi) is 4.54. The number of hydrogen-bond donors (Lipinski definition) is 0. The molecule has 0 bridgehead atoms. The fourth-order valence-electron chi connectivity index (χ4n) is 3.29. The van der Waals surface area contributed by atoms with Gasteiger partial charge in [-0.15, -0.1) is 0 Å². The maximum Gasteiger partial charge on any atom is 0.258 e. The van der Waals surface area contributed by atoms with Crippen molar-refractivity contribution in [3.05, 3.63) is 35.9 Å². The number of rotatable bonds is 2. The van der Waals surface area contributed by atoms with Crippen LogP contribution in [0, 0.1) is 0 Å². The number of amides is 1. The minimum absolute atomic E-state index is 0.000721. The number of aliphatic imine (C=N–C) groups is 1. The summed E-state index contributed by atoms with van der Waals surface area (Å²) >= 11 is 1.58. The molecule has 2 aliphatic heterocycles. The molecule has 3 rings (SSSR count). The summed E-state index contributed by atoms with van der Waals surface area (Å²) in [7, 11) is 0.